The molecule has 1 saturated carbocycles. The van der Waals surface area contributed by atoms with Crippen molar-refractivity contribution in [2.45, 2.75) is 37.5 Å². The van der Waals surface area contributed by atoms with Crippen molar-refractivity contribution in [3.63, 3.8) is 0 Å². The van der Waals surface area contributed by atoms with Crippen LogP contribution in [-0.4, -0.2) is 67.6 Å². The highest BCUT2D eigenvalue weighted by Crippen LogP contribution is 2.50. The highest BCUT2D eigenvalue weighted by molar-refractivity contribution is 5.86. The number of aliphatic hydroxyl groups is 1. The minimum absolute atomic E-state index is 0.124. The molecular weight excluding hydrogens is 384 g/mol. The molecule has 7 nitrogen and oxygen atoms in total. The van der Waals surface area contributed by atoms with Gasteiger partial charge in [0.15, 0.2) is 0 Å². The number of nitrogens with zero attached hydrogens (tertiary/aromatic N) is 1. The van der Waals surface area contributed by atoms with Gasteiger partial charge in [-0.3, -0.25) is 9.69 Å². The van der Waals surface area contributed by atoms with Gasteiger partial charge in [-0.15, -0.1) is 0 Å². The van der Waals surface area contributed by atoms with E-state index in [4.69, 9.17) is 14.2 Å². The van der Waals surface area contributed by atoms with Crippen molar-refractivity contribution in [3.8, 4) is 5.75 Å². The molecule has 4 unspecified atom stereocenters. The molecule has 1 aromatic heterocycles. The Kier molecular flexibility index (Phi) is 5.00. The minimum atomic E-state index is -0.641. The maximum Gasteiger partial charge on any atom is 0.311 e. The molecule has 2 aromatic rings. The first-order valence-electron chi connectivity index (χ1n) is 10.8. The topological polar surface area (TPSA) is 84.0 Å². The molecule has 162 valence electrons. The van der Waals surface area contributed by atoms with Crippen molar-refractivity contribution in [2.24, 2.45) is 17.8 Å². The molecule has 5 rings (SSSR count). The third-order valence-electron chi connectivity index (χ3n) is 7.62. The molecule has 6 atom stereocenters. The van der Waals surface area contributed by atoms with Crippen molar-refractivity contribution in [1.29, 1.82) is 0 Å². The zero-order chi connectivity index (χ0) is 21.0. The predicted molar refractivity (Wildman–Crippen MR) is 111 cm³/mol. The number of hydrogen-bond donors (Lipinski definition) is 2. The Morgan fingerprint density at radius 2 is 2.07 bits per heavy atom. The Labute approximate surface area is 176 Å². The quantitative estimate of drug-likeness (QED) is 0.750. The fourth-order valence-electron chi connectivity index (χ4n) is 6.27. The van der Waals surface area contributed by atoms with Gasteiger partial charge in [0, 0.05) is 42.9 Å². The molecule has 3 heterocycles. The number of ether oxygens (including phenoxy) is 3. The smallest absolute Gasteiger partial charge is 0.311 e. The summed E-state index contributed by atoms with van der Waals surface area (Å²) in [6.07, 6.45) is 1.36. The highest BCUT2D eigenvalue weighted by Gasteiger charge is 2.53. The van der Waals surface area contributed by atoms with E-state index in [0.29, 0.717) is 6.42 Å². The molecule has 0 amide bonds. The molecule has 0 spiro atoms. The van der Waals surface area contributed by atoms with E-state index in [1.165, 1.54) is 23.8 Å². The van der Waals surface area contributed by atoms with E-state index in [1.54, 1.807) is 14.2 Å². The number of hydrogen-bond acceptors (Lipinski definition) is 6. The van der Waals surface area contributed by atoms with E-state index < -0.39 is 18.1 Å². The van der Waals surface area contributed by atoms with E-state index in [-0.39, 0.29) is 23.8 Å². The minimum Gasteiger partial charge on any atom is -0.497 e. The Hall–Kier alpha value is -2.09. The van der Waals surface area contributed by atoms with Gasteiger partial charge in [0.05, 0.1) is 38.4 Å². The number of carbonyl (C=O) groups is 1. The molecule has 1 aliphatic carbocycles. The van der Waals surface area contributed by atoms with Crippen LogP contribution in [-0.2, 0) is 20.7 Å². The van der Waals surface area contributed by atoms with Gasteiger partial charge in [0.25, 0.3) is 0 Å². The fraction of sp³-hybridized carbons (Fsp3) is 0.609. The lowest BCUT2D eigenvalue weighted by atomic mass is 9.64. The Balaban J connectivity index is 1.52. The summed E-state index contributed by atoms with van der Waals surface area (Å²) < 4.78 is 16.1. The normalized spacial score (nSPS) is 33.5. The summed E-state index contributed by atoms with van der Waals surface area (Å²) >= 11 is 0. The van der Waals surface area contributed by atoms with E-state index in [1.807, 2.05) is 6.07 Å². The summed E-state index contributed by atoms with van der Waals surface area (Å²) in [5, 5.41) is 11.9. The van der Waals surface area contributed by atoms with Crippen molar-refractivity contribution in [2.75, 3.05) is 34.4 Å². The molecule has 0 bridgehead atoms. The van der Waals surface area contributed by atoms with Crippen LogP contribution < -0.4 is 4.74 Å². The van der Waals surface area contributed by atoms with Crippen LogP contribution in [0.2, 0.25) is 0 Å². The average molecular weight is 415 g/mol. The molecular formula is C23H30N2O5. The van der Waals surface area contributed by atoms with Gasteiger partial charge in [0.2, 0.25) is 0 Å². The average Bonchev–Trinajstić information content (AvgIpc) is 3.14. The summed E-state index contributed by atoms with van der Waals surface area (Å²) in [6.45, 7) is 1.88. The summed E-state index contributed by atoms with van der Waals surface area (Å²) in [4.78, 5) is 18.9. The molecule has 2 aliphatic heterocycles. The van der Waals surface area contributed by atoms with Crippen molar-refractivity contribution < 1.29 is 24.1 Å². The first-order chi connectivity index (χ1) is 14.5. The number of fused-ring (bicyclic) bond motifs is 6. The number of esters is 1. The number of aromatic nitrogens is 1. The van der Waals surface area contributed by atoms with E-state index in [9.17, 15) is 9.90 Å². The summed E-state index contributed by atoms with van der Waals surface area (Å²) in [7, 11) is 4.68. The van der Waals surface area contributed by atoms with Gasteiger partial charge in [-0.1, -0.05) is 0 Å². The lowest BCUT2D eigenvalue weighted by Crippen LogP contribution is -2.57. The lowest BCUT2D eigenvalue weighted by Gasteiger charge is -2.52. The maximum atomic E-state index is 12.7. The largest absolute Gasteiger partial charge is 0.497 e. The Morgan fingerprint density at radius 3 is 2.80 bits per heavy atom. The van der Waals surface area contributed by atoms with Gasteiger partial charge in [-0.05, 0) is 48.8 Å². The van der Waals surface area contributed by atoms with Crippen LogP contribution in [0.3, 0.4) is 0 Å². The zero-order valence-corrected chi connectivity index (χ0v) is 17.8. The predicted octanol–water partition coefficient (Wildman–Crippen LogP) is 2.28. The SMILES string of the molecule is COC(=O)C1C2CC3c4[nH]c5cc(OC)ccc5c4CCN3CC2C[C@H](O)[C@H]1OC. The second-order valence-corrected chi connectivity index (χ2v) is 8.90. The van der Waals surface area contributed by atoms with E-state index in [2.05, 4.69) is 22.0 Å². The third kappa shape index (κ3) is 2.94. The Morgan fingerprint density at radius 1 is 1.23 bits per heavy atom. The van der Waals surface area contributed by atoms with Crippen LogP contribution in [0.4, 0.5) is 0 Å². The Bertz CT molecular complexity index is 956. The maximum absolute atomic E-state index is 12.7. The monoisotopic (exact) mass is 414 g/mol. The van der Waals surface area contributed by atoms with E-state index >= 15 is 0 Å². The van der Waals surface area contributed by atoms with Crippen LogP contribution in [0.1, 0.15) is 30.1 Å². The van der Waals surface area contributed by atoms with Gasteiger partial charge in [-0.2, -0.15) is 0 Å². The summed E-state index contributed by atoms with van der Waals surface area (Å²) in [5.74, 6) is 0.514. The van der Waals surface area contributed by atoms with Gasteiger partial charge in [-0.25, -0.2) is 0 Å². The van der Waals surface area contributed by atoms with Gasteiger partial charge < -0.3 is 24.3 Å². The van der Waals surface area contributed by atoms with Gasteiger partial charge in [0.1, 0.15) is 5.75 Å². The highest BCUT2D eigenvalue weighted by atomic mass is 16.5. The molecule has 2 fully saturated rings. The molecule has 1 aromatic carbocycles. The molecule has 1 saturated heterocycles. The number of aromatic amines is 1. The lowest BCUT2D eigenvalue weighted by molar-refractivity contribution is -0.175. The molecule has 0 radical (unpaired) electrons. The van der Waals surface area contributed by atoms with Gasteiger partial charge >= 0.3 is 5.97 Å². The van der Waals surface area contributed by atoms with Crippen LogP contribution in [0.5, 0.6) is 5.75 Å². The number of benzene rings is 1. The molecule has 30 heavy (non-hydrogen) atoms. The zero-order valence-electron chi connectivity index (χ0n) is 17.8. The van der Waals surface area contributed by atoms with E-state index in [0.717, 1.165) is 37.2 Å². The van der Waals surface area contributed by atoms with Crippen molar-refractivity contribution in [3.05, 3.63) is 29.5 Å². The summed E-state index contributed by atoms with van der Waals surface area (Å²) in [5.41, 5.74) is 3.73. The first kappa shape index (κ1) is 19.8. The van der Waals surface area contributed by atoms with Crippen LogP contribution in [0.25, 0.3) is 10.9 Å². The number of aliphatic hydroxyl groups excluding tert-OH is 1. The van der Waals surface area contributed by atoms with Crippen molar-refractivity contribution >= 4 is 16.9 Å². The first-order valence-corrected chi connectivity index (χ1v) is 10.8. The van der Waals surface area contributed by atoms with Crippen LogP contribution >= 0.6 is 0 Å². The number of carbonyl (C=O) groups excluding carboxylic acids is 1. The third-order valence-corrected chi connectivity index (χ3v) is 7.62. The number of rotatable bonds is 3. The molecule has 7 heteroatoms. The number of piperidine rings is 1. The van der Waals surface area contributed by atoms with Crippen molar-refractivity contribution in [1.82, 2.24) is 9.88 Å². The molecule has 2 N–H and O–H groups in total. The number of methoxy groups -OCH3 is 3. The van der Waals surface area contributed by atoms with Crippen LogP contribution in [0.15, 0.2) is 18.2 Å². The number of H-pyrrole nitrogens is 1. The number of nitrogens with one attached hydrogen (secondary N) is 1. The second-order valence-electron chi connectivity index (χ2n) is 8.90. The molecule has 3 aliphatic rings. The summed E-state index contributed by atoms with van der Waals surface area (Å²) in [6, 6.07) is 6.44. The standard InChI is InChI=1S/C23H30N2O5/c1-28-13-4-5-14-15-6-7-25-11-12-8-19(26)22(29-2)20(23(27)30-3)16(12)10-18(25)21(15)24-17(14)9-13/h4-5,9,12,16,18-20,22,24,26H,6-8,10-11H2,1-3H3/t12?,16?,18?,19-,20?,22+/m0/s1. The second kappa shape index (κ2) is 7.55. The fourth-order valence-corrected chi connectivity index (χ4v) is 6.27. The van der Waals surface area contributed by atoms with Crippen LogP contribution in [0, 0.1) is 17.8 Å².